The molecule has 2 aromatic rings. The molecule has 0 atom stereocenters. The van der Waals surface area contributed by atoms with E-state index >= 15 is 0 Å². The first-order valence-corrected chi connectivity index (χ1v) is 8.86. The lowest BCUT2D eigenvalue weighted by Gasteiger charge is -2.26. The van der Waals surface area contributed by atoms with Crippen molar-refractivity contribution in [2.24, 2.45) is 0 Å². The predicted molar refractivity (Wildman–Crippen MR) is 98.5 cm³/mol. The van der Waals surface area contributed by atoms with Crippen LogP contribution < -0.4 is 5.32 Å². The van der Waals surface area contributed by atoms with Crippen molar-refractivity contribution in [3.05, 3.63) is 70.8 Å². The first-order chi connectivity index (χ1) is 12.1. The molecule has 4 nitrogen and oxygen atoms in total. The minimum absolute atomic E-state index is 0.0614. The predicted octanol–water partition coefficient (Wildman–Crippen LogP) is 3.55. The summed E-state index contributed by atoms with van der Waals surface area (Å²) < 4.78 is 0. The number of hydrogen-bond donors (Lipinski definition) is 1. The van der Waals surface area contributed by atoms with Gasteiger partial charge in [0.2, 0.25) is 0 Å². The van der Waals surface area contributed by atoms with Crippen molar-refractivity contribution in [1.82, 2.24) is 10.2 Å². The van der Waals surface area contributed by atoms with Crippen LogP contribution in [0.1, 0.15) is 51.1 Å². The van der Waals surface area contributed by atoms with Crippen molar-refractivity contribution >= 4 is 11.8 Å². The third-order valence-corrected chi connectivity index (χ3v) is 4.61. The van der Waals surface area contributed by atoms with Crippen LogP contribution in [0.4, 0.5) is 0 Å². The van der Waals surface area contributed by atoms with Crippen LogP contribution in [0.3, 0.4) is 0 Å². The van der Waals surface area contributed by atoms with Crippen LogP contribution in [-0.4, -0.2) is 29.8 Å². The Morgan fingerprint density at radius 3 is 2.12 bits per heavy atom. The number of hydrogen-bond acceptors (Lipinski definition) is 2. The number of nitrogens with one attached hydrogen (secondary N) is 1. The Hall–Kier alpha value is -2.62. The molecule has 1 aliphatic heterocycles. The van der Waals surface area contributed by atoms with E-state index in [4.69, 9.17) is 0 Å². The molecule has 130 valence electrons. The van der Waals surface area contributed by atoms with Gasteiger partial charge in [-0.25, -0.2) is 0 Å². The average molecular weight is 336 g/mol. The molecule has 1 N–H and O–H groups in total. The number of carbonyl (C=O) groups excluding carboxylic acids is 2. The van der Waals surface area contributed by atoms with Crippen molar-refractivity contribution in [3.8, 4) is 0 Å². The summed E-state index contributed by atoms with van der Waals surface area (Å²) in [5.74, 6) is -0.0659. The van der Waals surface area contributed by atoms with Crippen LogP contribution in [0, 0.1) is 6.92 Å². The summed E-state index contributed by atoms with van der Waals surface area (Å²) in [5, 5.41) is 2.91. The Morgan fingerprint density at radius 1 is 0.880 bits per heavy atom. The molecule has 0 saturated carbocycles. The van der Waals surface area contributed by atoms with E-state index in [9.17, 15) is 9.59 Å². The quantitative estimate of drug-likeness (QED) is 0.928. The third-order valence-electron chi connectivity index (χ3n) is 4.61. The first-order valence-electron chi connectivity index (χ1n) is 8.86. The zero-order valence-electron chi connectivity index (χ0n) is 14.6. The van der Waals surface area contributed by atoms with Crippen LogP contribution in [0.25, 0.3) is 0 Å². The molecule has 1 heterocycles. The number of aryl methyl sites for hydroxylation is 1. The summed E-state index contributed by atoms with van der Waals surface area (Å²) in [6.45, 7) is 4.19. The minimum atomic E-state index is -0.127. The summed E-state index contributed by atoms with van der Waals surface area (Å²) in [7, 11) is 0. The van der Waals surface area contributed by atoms with Gasteiger partial charge in [-0.3, -0.25) is 9.59 Å². The highest BCUT2D eigenvalue weighted by molar-refractivity contribution is 5.97. The zero-order valence-corrected chi connectivity index (χ0v) is 14.6. The molecule has 1 fully saturated rings. The zero-order chi connectivity index (χ0) is 17.6. The molecule has 1 saturated heterocycles. The highest BCUT2D eigenvalue weighted by Crippen LogP contribution is 2.14. The number of rotatable bonds is 4. The van der Waals surface area contributed by atoms with Crippen molar-refractivity contribution in [2.75, 3.05) is 13.1 Å². The van der Waals surface area contributed by atoms with Gasteiger partial charge in [-0.15, -0.1) is 0 Å². The van der Waals surface area contributed by atoms with E-state index in [0.29, 0.717) is 17.7 Å². The van der Waals surface area contributed by atoms with E-state index in [-0.39, 0.29) is 11.8 Å². The van der Waals surface area contributed by atoms with E-state index in [2.05, 4.69) is 5.32 Å². The Kier molecular flexibility index (Phi) is 5.49. The van der Waals surface area contributed by atoms with E-state index in [0.717, 1.165) is 31.5 Å². The lowest BCUT2D eigenvalue weighted by molar-refractivity contribution is 0.0724. The number of amides is 2. The maximum absolute atomic E-state index is 12.4. The summed E-state index contributed by atoms with van der Waals surface area (Å²) in [4.78, 5) is 26.6. The van der Waals surface area contributed by atoms with E-state index < -0.39 is 0 Å². The van der Waals surface area contributed by atoms with Gasteiger partial charge >= 0.3 is 0 Å². The molecule has 3 rings (SSSR count). The first kappa shape index (κ1) is 17.2. The maximum atomic E-state index is 12.4. The van der Waals surface area contributed by atoms with Crippen molar-refractivity contribution in [2.45, 2.75) is 32.7 Å². The summed E-state index contributed by atoms with van der Waals surface area (Å²) >= 11 is 0. The summed E-state index contributed by atoms with van der Waals surface area (Å²) in [6.07, 6.45) is 3.35. The lowest BCUT2D eigenvalue weighted by Crippen LogP contribution is -2.35. The second-order valence-corrected chi connectivity index (χ2v) is 6.60. The van der Waals surface area contributed by atoms with Gasteiger partial charge in [0, 0.05) is 30.8 Å². The van der Waals surface area contributed by atoms with Crippen LogP contribution in [0.5, 0.6) is 0 Å². The van der Waals surface area contributed by atoms with Crippen LogP contribution in [0.15, 0.2) is 48.5 Å². The Labute approximate surface area is 148 Å². The lowest BCUT2D eigenvalue weighted by atomic mass is 10.1. The Morgan fingerprint density at radius 2 is 1.48 bits per heavy atom. The molecule has 0 radical (unpaired) electrons. The van der Waals surface area contributed by atoms with Gasteiger partial charge in [0.1, 0.15) is 0 Å². The van der Waals surface area contributed by atoms with Gasteiger partial charge in [0.05, 0.1) is 0 Å². The summed E-state index contributed by atoms with van der Waals surface area (Å²) in [6, 6.07) is 15.0. The fraction of sp³-hybridized carbons (Fsp3) is 0.333. The second kappa shape index (κ2) is 7.97. The molecule has 0 bridgehead atoms. The van der Waals surface area contributed by atoms with Crippen LogP contribution in [0.2, 0.25) is 0 Å². The fourth-order valence-electron chi connectivity index (χ4n) is 3.03. The topological polar surface area (TPSA) is 49.4 Å². The molecule has 2 aromatic carbocycles. The highest BCUT2D eigenvalue weighted by Gasteiger charge is 2.18. The number of likely N-dealkylation sites (tertiary alicyclic amines) is 1. The van der Waals surface area contributed by atoms with E-state index in [1.54, 1.807) is 24.3 Å². The van der Waals surface area contributed by atoms with Crippen molar-refractivity contribution < 1.29 is 9.59 Å². The van der Waals surface area contributed by atoms with Crippen molar-refractivity contribution in [3.63, 3.8) is 0 Å². The van der Waals surface area contributed by atoms with Crippen LogP contribution >= 0.6 is 0 Å². The van der Waals surface area contributed by atoms with E-state index in [1.807, 2.05) is 36.1 Å². The average Bonchev–Trinajstić information content (AvgIpc) is 2.67. The Bertz CT molecular complexity index is 729. The molecule has 2 amide bonds. The normalized spacial score (nSPS) is 14.2. The number of nitrogens with zero attached hydrogens (tertiary/aromatic N) is 1. The monoisotopic (exact) mass is 336 g/mol. The van der Waals surface area contributed by atoms with Gasteiger partial charge in [-0.2, -0.15) is 0 Å². The number of carbonyl (C=O) groups is 2. The molecule has 0 unspecified atom stereocenters. The maximum Gasteiger partial charge on any atom is 0.253 e. The molecule has 25 heavy (non-hydrogen) atoms. The SMILES string of the molecule is Cc1ccc(CNC(=O)c2ccc(C(=O)N3CCCCC3)cc2)cc1. The van der Waals surface area contributed by atoms with Crippen molar-refractivity contribution in [1.29, 1.82) is 0 Å². The molecular weight excluding hydrogens is 312 g/mol. The van der Waals surface area contributed by atoms with Gasteiger partial charge in [0.15, 0.2) is 0 Å². The second-order valence-electron chi connectivity index (χ2n) is 6.60. The number of benzene rings is 2. The smallest absolute Gasteiger partial charge is 0.253 e. The van der Waals surface area contributed by atoms with Gasteiger partial charge in [-0.05, 0) is 56.0 Å². The standard InChI is InChI=1S/C21H24N2O2/c1-16-5-7-17(8-6-16)15-22-20(24)18-9-11-19(12-10-18)21(25)23-13-3-2-4-14-23/h5-12H,2-4,13-15H2,1H3,(H,22,24). The van der Waals surface area contributed by atoms with E-state index in [1.165, 1.54) is 12.0 Å². The van der Waals surface area contributed by atoms with Crippen LogP contribution in [-0.2, 0) is 6.54 Å². The molecule has 0 spiro atoms. The molecule has 1 aliphatic rings. The fourth-order valence-corrected chi connectivity index (χ4v) is 3.03. The molecule has 0 aromatic heterocycles. The largest absolute Gasteiger partial charge is 0.348 e. The van der Waals surface area contributed by atoms with Gasteiger partial charge in [-0.1, -0.05) is 29.8 Å². The van der Waals surface area contributed by atoms with Gasteiger partial charge < -0.3 is 10.2 Å². The molecular formula is C21H24N2O2. The summed E-state index contributed by atoms with van der Waals surface area (Å²) in [5.41, 5.74) is 3.49. The third kappa shape index (κ3) is 4.47. The molecule has 0 aliphatic carbocycles. The Balaban J connectivity index is 1.58. The minimum Gasteiger partial charge on any atom is -0.348 e. The highest BCUT2D eigenvalue weighted by atomic mass is 16.2. The number of piperidine rings is 1. The molecule has 4 heteroatoms. The van der Waals surface area contributed by atoms with Gasteiger partial charge in [0.25, 0.3) is 11.8 Å².